The SMILES string of the molecule is c1ccc2cc(-n3c4ccc(-c5ccc6c(c5)c5ccccc5n6-c5cccc6ccccc56)cc4c4ccc5c6ccccc6sc5c43)ccc2c1.c1ccc2cc(-n3c4ccc(-c5ccc6c(c5)c5ccccc5n6-c5cccc6ccccc56)cc4c4ccc5sc6ccccc6c5c43)ccc2c1. The summed E-state index contributed by atoms with van der Waals surface area (Å²) < 4.78 is 15.2. The number of hydrogen-bond acceptors (Lipinski definition) is 2. The topological polar surface area (TPSA) is 19.7 Å². The average molecular weight is 1380 g/mol. The first-order chi connectivity index (χ1) is 52.6. The summed E-state index contributed by atoms with van der Waals surface area (Å²) in [7, 11) is 0. The van der Waals surface area contributed by atoms with Gasteiger partial charge in [-0.25, -0.2) is 0 Å². The van der Waals surface area contributed by atoms with Gasteiger partial charge in [-0.05, 0) is 170 Å². The molecular weight excluding hydrogens is 1320 g/mol. The van der Waals surface area contributed by atoms with Gasteiger partial charge in [0.15, 0.2) is 0 Å². The molecule has 0 spiro atoms. The summed E-state index contributed by atoms with van der Waals surface area (Å²) in [6.45, 7) is 0. The second-order valence-corrected chi connectivity index (χ2v) is 30.4. The Hall–Kier alpha value is -13.4. The second-order valence-electron chi connectivity index (χ2n) is 28.2. The molecule has 0 aliphatic carbocycles. The molecule has 24 aromatic rings. The Morgan fingerprint density at radius 1 is 0.179 bits per heavy atom. The third-order valence-electron chi connectivity index (χ3n) is 22.5. The van der Waals surface area contributed by atoms with Crippen molar-refractivity contribution in [3.05, 3.63) is 364 Å². The average Bonchev–Trinajstić information content (AvgIpc) is 1.56. The molecule has 24 rings (SSSR count). The number of benzene rings is 18. The third-order valence-corrected chi connectivity index (χ3v) is 24.9. The zero-order valence-corrected chi connectivity index (χ0v) is 58.9. The maximum absolute atomic E-state index is 2.50. The van der Waals surface area contributed by atoms with Gasteiger partial charge >= 0.3 is 0 Å². The monoisotopic (exact) mass is 1380 g/mol. The number of aromatic nitrogens is 4. The Morgan fingerprint density at radius 2 is 0.547 bits per heavy atom. The highest BCUT2D eigenvalue weighted by Crippen LogP contribution is 2.48. The van der Waals surface area contributed by atoms with E-state index in [2.05, 4.69) is 382 Å². The van der Waals surface area contributed by atoms with Gasteiger partial charge in [-0.1, -0.05) is 249 Å². The van der Waals surface area contributed by atoms with E-state index in [0.29, 0.717) is 0 Å². The van der Waals surface area contributed by atoms with E-state index in [0.717, 1.165) is 0 Å². The van der Waals surface area contributed by atoms with Crippen molar-refractivity contribution in [2.24, 2.45) is 0 Å². The van der Waals surface area contributed by atoms with Crippen LogP contribution in [0.3, 0.4) is 0 Å². The van der Waals surface area contributed by atoms with Gasteiger partial charge in [0.1, 0.15) is 0 Å². The fraction of sp³-hybridized carbons (Fsp3) is 0. The van der Waals surface area contributed by atoms with Crippen LogP contribution in [0.1, 0.15) is 0 Å². The maximum atomic E-state index is 2.50. The predicted molar refractivity (Wildman–Crippen MR) is 457 cm³/mol. The van der Waals surface area contributed by atoms with Crippen LogP contribution in [0, 0.1) is 0 Å². The van der Waals surface area contributed by atoms with Crippen LogP contribution in [0.25, 0.3) is 216 Å². The molecule has 0 radical (unpaired) electrons. The zero-order chi connectivity index (χ0) is 69.2. The van der Waals surface area contributed by atoms with Crippen molar-refractivity contribution in [2.75, 3.05) is 0 Å². The summed E-state index contributed by atoms with van der Waals surface area (Å²) >= 11 is 3.78. The van der Waals surface area contributed by atoms with Gasteiger partial charge in [-0.2, -0.15) is 0 Å². The zero-order valence-electron chi connectivity index (χ0n) is 57.2. The quantitative estimate of drug-likeness (QED) is 0.158. The molecule has 0 aliphatic heterocycles. The van der Waals surface area contributed by atoms with E-state index in [4.69, 9.17) is 0 Å². The number of rotatable bonds is 6. The van der Waals surface area contributed by atoms with Crippen LogP contribution in [0.4, 0.5) is 0 Å². The minimum Gasteiger partial charge on any atom is -0.309 e. The van der Waals surface area contributed by atoms with Gasteiger partial charge in [0.2, 0.25) is 0 Å². The first-order valence-corrected chi connectivity index (χ1v) is 38.0. The molecule has 0 N–H and O–H groups in total. The molecular formula is C100H60N4S2. The lowest BCUT2D eigenvalue weighted by atomic mass is 10.00. The molecule has 0 unspecified atom stereocenters. The van der Waals surface area contributed by atoms with Gasteiger partial charge in [0.25, 0.3) is 0 Å². The molecule has 0 aliphatic rings. The summed E-state index contributed by atoms with van der Waals surface area (Å²) in [5.74, 6) is 0. The van der Waals surface area contributed by atoms with Crippen molar-refractivity contribution in [3.8, 4) is 45.0 Å². The lowest BCUT2D eigenvalue weighted by molar-refractivity contribution is 1.19. The highest BCUT2D eigenvalue weighted by atomic mass is 32.1. The van der Waals surface area contributed by atoms with Crippen LogP contribution >= 0.6 is 22.7 Å². The summed E-state index contributed by atoms with van der Waals surface area (Å²) in [5.41, 5.74) is 19.5. The first-order valence-electron chi connectivity index (χ1n) is 36.4. The van der Waals surface area contributed by atoms with Crippen LogP contribution in [0.15, 0.2) is 364 Å². The summed E-state index contributed by atoms with van der Waals surface area (Å²) in [6, 6.07) is 134. The fourth-order valence-electron chi connectivity index (χ4n) is 17.8. The van der Waals surface area contributed by atoms with Gasteiger partial charge in [-0.15, -0.1) is 22.7 Å². The number of nitrogens with zero attached hydrogens (tertiary/aromatic N) is 4. The molecule has 0 amide bonds. The predicted octanol–water partition coefficient (Wildman–Crippen LogP) is 28.4. The molecule has 0 saturated carbocycles. The smallest absolute Gasteiger partial charge is 0.0719 e. The molecule has 6 heterocycles. The summed E-state index contributed by atoms with van der Waals surface area (Å²) in [6.07, 6.45) is 0. The number of fused-ring (bicyclic) bond motifs is 24. The van der Waals surface area contributed by atoms with Crippen molar-refractivity contribution < 1.29 is 0 Å². The standard InChI is InChI=1S/2C50H30N2S/c1-2-12-33-28-36(23-20-31(33)10-1)51-46-26-21-35(30-43(46)40-24-25-41-39-16-6-8-19-48(39)53-50(41)49(40)51)34-22-27-47-42(29-34)38-15-5-7-17-45(38)52(47)44-18-9-13-32-11-3-4-14-37(32)44;1-2-12-33-28-36(23-20-31(33)10-1)51-45-25-21-35(30-42(45)39-24-27-48-49(50(39)51)40-16-6-8-19-47(40)53-48)34-22-26-46-41(29-34)38-15-5-7-17-44(38)52(46)43-18-9-13-32-11-3-4-14-37(32)43/h2*1-30H. The van der Waals surface area contributed by atoms with E-state index in [1.807, 2.05) is 22.7 Å². The molecule has 106 heavy (non-hydrogen) atoms. The van der Waals surface area contributed by atoms with Crippen molar-refractivity contribution in [3.63, 3.8) is 0 Å². The largest absolute Gasteiger partial charge is 0.309 e. The fourth-order valence-corrected chi connectivity index (χ4v) is 20.1. The van der Waals surface area contributed by atoms with E-state index in [-0.39, 0.29) is 0 Å². The molecule has 0 atom stereocenters. The Bertz CT molecular complexity index is 7840. The van der Waals surface area contributed by atoms with Gasteiger partial charge in [0, 0.05) is 101 Å². The van der Waals surface area contributed by atoms with E-state index in [1.165, 1.54) is 216 Å². The van der Waals surface area contributed by atoms with Crippen LogP contribution in [0.5, 0.6) is 0 Å². The maximum Gasteiger partial charge on any atom is 0.0719 e. The first kappa shape index (κ1) is 59.2. The highest BCUT2D eigenvalue weighted by Gasteiger charge is 2.24. The number of para-hydroxylation sites is 2. The molecule has 492 valence electrons. The van der Waals surface area contributed by atoms with E-state index in [9.17, 15) is 0 Å². The lowest BCUT2D eigenvalue weighted by Crippen LogP contribution is -1.95. The minimum atomic E-state index is 1.18. The minimum absolute atomic E-state index is 1.18. The summed E-state index contributed by atoms with van der Waals surface area (Å²) in [4.78, 5) is 0. The van der Waals surface area contributed by atoms with Crippen molar-refractivity contribution in [1.29, 1.82) is 0 Å². The lowest BCUT2D eigenvalue weighted by Gasteiger charge is -2.12. The van der Waals surface area contributed by atoms with Crippen LogP contribution in [-0.2, 0) is 0 Å². The number of thiophene rings is 2. The highest BCUT2D eigenvalue weighted by molar-refractivity contribution is 7.27. The molecule has 4 nitrogen and oxygen atoms in total. The summed E-state index contributed by atoms with van der Waals surface area (Å²) in [5, 5.41) is 25.4. The van der Waals surface area contributed by atoms with Crippen molar-refractivity contribution >= 4 is 193 Å². The van der Waals surface area contributed by atoms with E-state index < -0.39 is 0 Å². The Kier molecular flexibility index (Phi) is 12.9. The van der Waals surface area contributed by atoms with Gasteiger partial charge in [-0.3, -0.25) is 0 Å². The molecule has 0 saturated heterocycles. The number of hydrogen-bond donors (Lipinski definition) is 0. The van der Waals surface area contributed by atoms with E-state index >= 15 is 0 Å². The van der Waals surface area contributed by atoms with E-state index in [1.54, 1.807) is 0 Å². The second kappa shape index (κ2) is 23.1. The van der Waals surface area contributed by atoms with Crippen molar-refractivity contribution in [2.45, 2.75) is 0 Å². The van der Waals surface area contributed by atoms with Crippen LogP contribution in [0.2, 0.25) is 0 Å². The van der Waals surface area contributed by atoms with Crippen molar-refractivity contribution in [1.82, 2.24) is 18.3 Å². The van der Waals surface area contributed by atoms with Crippen LogP contribution in [-0.4, -0.2) is 18.3 Å². The molecule has 6 aromatic heterocycles. The van der Waals surface area contributed by atoms with Gasteiger partial charge < -0.3 is 18.3 Å². The van der Waals surface area contributed by atoms with Gasteiger partial charge in [0.05, 0.1) is 60.2 Å². The molecule has 6 heteroatoms. The molecule has 0 bridgehead atoms. The molecule has 0 fully saturated rings. The Labute approximate surface area is 616 Å². The normalized spacial score (nSPS) is 12.2. The van der Waals surface area contributed by atoms with Crippen LogP contribution < -0.4 is 0 Å². The molecule has 18 aromatic carbocycles. The third kappa shape index (κ3) is 8.86. The Morgan fingerprint density at radius 3 is 1.08 bits per heavy atom. The Balaban J connectivity index is 0.000000129.